The van der Waals surface area contributed by atoms with Gasteiger partial charge in [-0.05, 0) is 37.5 Å². The smallest absolute Gasteiger partial charge is 0.0366 e. The van der Waals surface area contributed by atoms with Crippen LogP contribution in [-0.4, -0.2) is 13.1 Å². The molecule has 2 heteroatoms. The van der Waals surface area contributed by atoms with E-state index in [2.05, 4.69) is 49.9 Å². The van der Waals surface area contributed by atoms with E-state index in [9.17, 15) is 0 Å². The standard InChI is InChI=1S/C16H28N2/c1-5-14(6-2)12-18(7-3)16-10-8-15(9-11-16)13(4)17/h8-11,13-14H,5-7,12,17H2,1-4H3/t13-/m0/s1. The Kier molecular flexibility index (Phi) is 6.20. The predicted molar refractivity (Wildman–Crippen MR) is 81.0 cm³/mol. The molecule has 0 unspecified atom stereocenters. The van der Waals surface area contributed by atoms with E-state index in [1.165, 1.54) is 24.1 Å². The third-order valence-corrected chi connectivity index (χ3v) is 3.80. The second kappa shape index (κ2) is 7.42. The molecule has 0 saturated heterocycles. The minimum atomic E-state index is 0.119. The zero-order valence-corrected chi connectivity index (χ0v) is 12.3. The minimum Gasteiger partial charge on any atom is -0.372 e. The van der Waals surface area contributed by atoms with Crippen LogP contribution in [0.3, 0.4) is 0 Å². The van der Waals surface area contributed by atoms with Crippen molar-refractivity contribution in [3.63, 3.8) is 0 Å². The number of rotatable bonds is 7. The summed E-state index contributed by atoms with van der Waals surface area (Å²) >= 11 is 0. The summed E-state index contributed by atoms with van der Waals surface area (Å²) in [6.45, 7) is 11.0. The van der Waals surface area contributed by atoms with Crippen LogP contribution in [0.2, 0.25) is 0 Å². The lowest BCUT2D eigenvalue weighted by molar-refractivity contribution is 0.486. The molecular weight excluding hydrogens is 220 g/mol. The molecule has 0 amide bonds. The number of nitrogens with two attached hydrogens (primary N) is 1. The molecule has 0 fully saturated rings. The Morgan fingerprint density at radius 2 is 1.61 bits per heavy atom. The van der Waals surface area contributed by atoms with E-state index < -0.39 is 0 Å². The maximum atomic E-state index is 5.88. The maximum absolute atomic E-state index is 5.88. The zero-order valence-electron chi connectivity index (χ0n) is 12.3. The van der Waals surface area contributed by atoms with Gasteiger partial charge in [0.05, 0.1) is 0 Å². The van der Waals surface area contributed by atoms with Crippen LogP contribution in [-0.2, 0) is 0 Å². The fourth-order valence-corrected chi connectivity index (χ4v) is 2.26. The fraction of sp³-hybridized carbons (Fsp3) is 0.625. The maximum Gasteiger partial charge on any atom is 0.0366 e. The van der Waals surface area contributed by atoms with Gasteiger partial charge in [0, 0.05) is 24.8 Å². The van der Waals surface area contributed by atoms with Crippen LogP contribution >= 0.6 is 0 Å². The van der Waals surface area contributed by atoms with Crippen molar-refractivity contribution < 1.29 is 0 Å². The highest BCUT2D eigenvalue weighted by Gasteiger charge is 2.10. The highest BCUT2D eigenvalue weighted by molar-refractivity contribution is 5.48. The average molecular weight is 248 g/mol. The lowest BCUT2D eigenvalue weighted by atomic mass is 10.0. The van der Waals surface area contributed by atoms with Crippen molar-refractivity contribution in [1.82, 2.24) is 0 Å². The Balaban J connectivity index is 2.75. The van der Waals surface area contributed by atoms with Gasteiger partial charge in [-0.3, -0.25) is 0 Å². The monoisotopic (exact) mass is 248 g/mol. The Hall–Kier alpha value is -1.02. The highest BCUT2D eigenvalue weighted by atomic mass is 15.1. The number of hydrogen-bond acceptors (Lipinski definition) is 2. The molecule has 1 aromatic carbocycles. The molecule has 0 aliphatic rings. The minimum absolute atomic E-state index is 0.119. The summed E-state index contributed by atoms with van der Waals surface area (Å²) in [7, 11) is 0. The van der Waals surface area contributed by atoms with Gasteiger partial charge in [0.15, 0.2) is 0 Å². The average Bonchev–Trinajstić information content (AvgIpc) is 2.40. The molecule has 18 heavy (non-hydrogen) atoms. The van der Waals surface area contributed by atoms with Crippen molar-refractivity contribution in [2.24, 2.45) is 11.7 Å². The molecule has 1 atom stereocenters. The molecule has 0 radical (unpaired) electrons. The molecule has 0 bridgehead atoms. The highest BCUT2D eigenvalue weighted by Crippen LogP contribution is 2.20. The molecule has 0 aliphatic heterocycles. The summed E-state index contributed by atoms with van der Waals surface area (Å²) in [6, 6.07) is 8.81. The van der Waals surface area contributed by atoms with Gasteiger partial charge in [0.2, 0.25) is 0 Å². The lowest BCUT2D eigenvalue weighted by Gasteiger charge is -2.27. The molecule has 2 N–H and O–H groups in total. The molecule has 0 spiro atoms. The van der Waals surface area contributed by atoms with Crippen LogP contribution in [0.5, 0.6) is 0 Å². The molecule has 0 aliphatic carbocycles. The van der Waals surface area contributed by atoms with E-state index in [1.807, 2.05) is 6.92 Å². The first-order chi connectivity index (χ1) is 8.62. The van der Waals surface area contributed by atoms with Crippen molar-refractivity contribution in [3.05, 3.63) is 29.8 Å². The quantitative estimate of drug-likeness (QED) is 0.791. The van der Waals surface area contributed by atoms with Crippen LogP contribution < -0.4 is 10.6 Å². The largest absolute Gasteiger partial charge is 0.372 e. The van der Waals surface area contributed by atoms with Gasteiger partial charge in [-0.15, -0.1) is 0 Å². The van der Waals surface area contributed by atoms with Gasteiger partial charge in [-0.1, -0.05) is 38.8 Å². The Bertz CT molecular complexity index is 325. The molecular formula is C16H28N2. The Labute approximate surface area is 112 Å². The number of hydrogen-bond donors (Lipinski definition) is 1. The second-order valence-electron chi connectivity index (χ2n) is 5.10. The van der Waals surface area contributed by atoms with Gasteiger partial charge in [0.1, 0.15) is 0 Å². The summed E-state index contributed by atoms with van der Waals surface area (Å²) in [5.41, 5.74) is 8.40. The Morgan fingerprint density at radius 1 is 1.06 bits per heavy atom. The van der Waals surface area contributed by atoms with Crippen molar-refractivity contribution >= 4 is 5.69 Å². The predicted octanol–water partition coefficient (Wildman–Crippen LogP) is 3.97. The van der Waals surface area contributed by atoms with E-state index in [4.69, 9.17) is 5.73 Å². The molecule has 1 rings (SSSR count). The van der Waals surface area contributed by atoms with Crippen molar-refractivity contribution in [2.75, 3.05) is 18.0 Å². The van der Waals surface area contributed by atoms with Crippen molar-refractivity contribution in [3.8, 4) is 0 Å². The van der Waals surface area contributed by atoms with E-state index in [1.54, 1.807) is 0 Å². The number of benzene rings is 1. The van der Waals surface area contributed by atoms with Crippen LogP contribution in [0.4, 0.5) is 5.69 Å². The zero-order chi connectivity index (χ0) is 13.5. The van der Waals surface area contributed by atoms with Crippen molar-refractivity contribution in [1.29, 1.82) is 0 Å². The van der Waals surface area contributed by atoms with Gasteiger partial charge >= 0.3 is 0 Å². The van der Waals surface area contributed by atoms with Crippen LogP contribution in [0.1, 0.15) is 52.1 Å². The number of nitrogens with zero attached hydrogens (tertiary/aromatic N) is 1. The van der Waals surface area contributed by atoms with Gasteiger partial charge < -0.3 is 10.6 Å². The lowest BCUT2D eigenvalue weighted by Crippen LogP contribution is -2.28. The molecule has 0 aromatic heterocycles. The van der Waals surface area contributed by atoms with E-state index in [-0.39, 0.29) is 6.04 Å². The fourth-order valence-electron chi connectivity index (χ4n) is 2.26. The first-order valence-corrected chi connectivity index (χ1v) is 7.22. The second-order valence-corrected chi connectivity index (χ2v) is 5.10. The normalized spacial score (nSPS) is 12.8. The third kappa shape index (κ3) is 4.02. The topological polar surface area (TPSA) is 29.3 Å². The van der Waals surface area contributed by atoms with Gasteiger partial charge in [0.25, 0.3) is 0 Å². The Morgan fingerprint density at radius 3 is 2.00 bits per heavy atom. The molecule has 2 nitrogen and oxygen atoms in total. The first-order valence-electron chi connectivity index (χ1n) is 7.22. The molecule has 0 heterocycles. The summed E-state index contributed by atoms with van der Waals surface area (Å²) in [5, 5.41) is 0. The summed E-state index contributed by atoms with van der Waals surface area (Å²) in [6.07, 6.45) is 2.51. The molecule has 102 valence electrons. The number of anilines is 1. The summed E-state index contributed by atoms with van der Waals surface area (Å²) in [4.78, 5) is 2.46. The van der Waals surface area contributed by atoms with Crippen LogP contribution in [0.25, 0.3) is 0 Å². The van der Waals surface area contributed by atoms with E-state index in [0.717, 1.165) is 19.0 Å². The van der Waals surface area contributed by atoms with Gasteiger partial charge in [-0.2, -0.15) is 0 Å². The van der Waals surface area contributed by atoms with Gasteiger partial charge in [-0.25, -0.2) is 0 Å². The van der Waals surface area contributed by atoms with Crippen LogP contribution in [0.15, 0.2) is 24.3 Å². The third-order valence-electron chi connectivity index (χ3n) is 3.80. The molecule has 1 aromatic rings. The molecule has 0 saturated carbocycles. The summed E-state index contributed by atoms with van der Waals surface area (Å²) < 4.78 is 0. The SMILES string of the molecule is CCC(CC)CN(CC)c1ccc([C@H](C)N)cc1. The van der Waals surface area contributed by atoms with Crippen LogP contribution in [0, 0.1) is 5.92 Å². The van der Waals surface area contributed by atoms with E-state index >= 15 is 0 Å². The van der Waals surface area contributed by atoms with Crippen molar-refractivity contribution in [2.45, 2.75) is 46.6 Å². The van der Waals surface area contributed by atoms with E-state index in [0.29, 0.717) is 0 Å². The summed E-state index contributed by atoms with van der Waals surface area (Å²) in [5.74, 6) is 0.790. The first kappa shape index (κ1) is 15.0.